The fourth-order valence-electron chi connectivity index (χ4n) is 0.722. The highest BCUT2D eigenvalue weighted by Gasteiger charge is 2.27. The number of carboxylic acid groups (broad SMARTS) is 1. The highest BCUT2D eigenvalue weighted by atomic mass is 32.2. The Kier molecular flexibility index (Phi) is 5.67. The molecule has 0 saturated carbocycles. The van der Waals surface area contributed by atoms with Gasteiger partial charge < -0.3 is 15.6 Å². The topological polar surface area (TPSA) is 89.6 Å². The number of carbonyl (C=O) groups excluding carboxylic acids is 1. The van der Waals surface area contributed by atoms with E-state index in [0.717, 1.165) is 0 Å². The number of nitrogens with two attached hydrogens (primary N) is 1. The molecule has 5 nitrogen and oxygen atoms in total. The zero-order valence-corrected chi connectivity index (χ0v) is 9.97. The molecule has 1 atom stereocenters. The van der Waals surface area contributed by atoms with Crippen LogP contribution >= 0.6 is 11.8 Å². The van der Waals surface area contributed by atoms with Crippen molar-refractivity contribution in [2.45, 2.75) is 19.9 Å². The second kappa shape index (κ2) is 5.97. The lowest BCUT2D eigenvalue weighted by molar-refractivity contribution is -0.145. The van der Waals surface area contributed by atoms with Gasteiger partial charge in [-0.15, -0.1) is 0 Å². The van der Waals surface area contributed by atoms with Gasteiger partial charge in [0, 0.05) is 11.5 Å². The van der Waals surface area contributed by atoms with Gasteiger partial charge in [-0.1, -0.05) is 0 Å². The molecule has 6 heteroatoms. The standard InChI is InChI=1S/C9H17NO4S/c1-9(2,8(12)13)5-15-4-6(10)7(11)14-3/h6H,4-5,10H2,1-3H3,(H,12,13). The summed E-state index contributed by atoms with van der Waals surface area (Å²) in [6.45, 7) is 3.26. The maximum Gasteiger partial charge on any atom is 0.323 e. The van der Waals surface area contributed by atoms with E-state index in [4.69, 9.17) is 10.8 Å². The van der Waals surface area contributed by atoms with Gasteiger partial charge in [0.15, 0.2) is 0 Å². The van der Waals surface area contributed by atoms with Crippen molar-refractivity contribution >= 4 is 23.7 Å². The lowest BCUT2D eigenvalue weighted by atomic mass is 9.97. The Balaban J connectivity index is 3.89. The summed E-state index contributed by atoms with van der Waals surface area (Å²) < 4.78 is 4.45. The molecule has 0 bridgehead atoms. The summed E-state index contributed by atoms with van der Waals surface area (Å²) in [5.74, 6) is -0.562. The number of carbonyl (C=O) groups is 2. The van der Waals surface area contributed by atoms with Gasteiger partial charge in [-0.2, -0.15) is 11.8 Å². The van der Waals surface area contributed by atoms with Crippen LogP contribution < -0.4 is 5.73 Å². The van der Waals surface area contributed by atoms with E-state index in [1.165, 1.54) is 18.9 Å². The molecule has 0 heterocycles. The average Bonchev–Trinajstić information content (AvgIpc) is 2.15. The maximum absolute atomic E-state index is 10.9. The number of rotatable bonds is 6. The Morgan fingerprint density at radius 1 is 1.53 bits per heavy atom. The van der Waals surface area contributed by atoms with Crippen molar-refractivity contribution < 1.29 is 19.4 Å². The summed E-state index contributed by atoms with van der Waals surface area (Å²) in [5.41, 5.74) is 4.69. The van der Waals surface area contributed by atoms with Crippen LogP contribution in [0.3, 0.4) is 0 Å². The molecular formula is C9H17NO4S. The molecule has 88 valence electrons. The first kappa shape index (κ1) is 14.2. The first-order valence-corrected chi connectivity index (χ1v) is 5.61. The Hall–Kier alpha value is -0.750. The van der Waals surface area contributed by atoms with Gasteiger partial charge in [-0.3, -0.25) is 9.59 Å². The number of aliphatic carboxylic acids is 1. The highest BCUT2D eigenvalue weighted by Crippen LogP contribution is 2.22. The van der Waals surface area contributed by atoms with Crippen LogP contribution in [0.4, 0.5) is 0 Å². The minimum atomic E-state index is -0.860. The van der Waals surface area contributed by atoms with Crippen LogP contribution in [0.1, 0.15) is 13.8 Å². The zero-order valence-electron chi connectivity index (χ0n) is 9.15. The summed E-state index contributed by atoms with van der Waals surface area (Å²) in [7, 11) is 1.27. The summed E-state index contributed by atoms with van der Waals surface area (Å²) >= 11 is 1.33. The Morgan fingerprint density at radius 2 is 2.07 bits per heavy atom. The largest absolute Gasteiger partial charge is 0.481 e. The fourth-order valence-corrected chi connectivity index (χ4v) is 1.86. The molecule has 3 N–H and O–H groups in total. The Morgan fingerprint density at radius 3 is 2.47 bits per heavy atom. The minimum Gasteiger partial charge on any atom is -0.481 e. The zero-order chi connectivity index (χ0) is 12.1. The van der Waals surface area contributed by atoms with Gasteiger partial charge in [0.2, 0.25) is 0 Å². The number of carboxylic acids is 1. The second-order valence-corrected chi connectivity index (χ2v) is 4.86. The molecule has 0 amide bonds. The molecule has 0 aromatic heterocycles. The summed E-state index contributed by atoms with van der Waals surface area (Å²) in [4.78, 5) is 21.7. The molecule has 0 rings (SSSR count). The van der Waals surface area contributed by atoms with Crippen molar-refractivity contribution in [3.05, 3.63) is 0 Å². The van der Waals surface area contributed by atoms with Gasteiger partial charge in [0.05, 0.1) is 12.5 Å². The van der Waals surface area contributed by atoms with Crippen LogP contribution in [0.2, 0.25) is 0 Å². The van der Waals surface area contributed by atoms with E-state index in [0.29, 0.717) is 11.5 Å². The van der Waals surface area contributed by atoms with Crippen molar-refractivity contribution in [2.24, 2.45) is 11.1 Å². The normalized spacial score (nSPS) is 13.3. The SMILES string of the molecule is COC(=O)C(N)CSCC(C)(C)C(=O)O. The van der Waals surface area contributed by atoms with E-state index in [9.17, 15) is 9.59 Å². The molecule has 0 aliphatic carbocycles. The molecule has 1 unspecified atom stereocenters. The van der Waals surface area contributed by atoms with Gasteiger partial charge in [0.1, 0.15) is 6.04 Å². The van der Waals surface area contributed by atoms with E-state index in [1.807, 2.05) is 0 Å². The molecule has 0 aliphatic rings. The number of thioether (sulfide) groups is 1. The van der Waals surface area contributed by atoms with Gasteiger partial charge >= 0.3 is 11.9 Å². The number of hydrogen-bond donors (Lipinski definition) is 2. The molecule has 0 fully saturated rings. The summed E-state index contributed by atoms with van der Waals surface area (Å²) in [6.07, 6.45) is 0. The van der Waals surface area contributed by atoms with Crippen LogP contribution in [0, 0.1) is 5.41 Å². The van der Waals surface area contributed by atoms with Crippen LogP contribution in [0.5, 0.6) is 0 Å². The smallest absolute Gasteiger partial charge is 0.323 e. The van der Waals surface area contributed by atoms with E-state index in [2.05, 4.69) is 4.74 Å². The third-order valence-electron chi connectivity index (χ3n) is 1.84. The molecule has 0 aliphatic heterocycles. The van der Waals surface area contributed by atoms with Crippen LogP contribution in [-0.2, 0) is 14.3 Å². The fraction of sp³-hybridized carbons (Fsp3) is 0.778. The molecule has 0 aromatic rings. The van der Waals surface area contributed by atoms with E-state index < -0.39 is 23.4 Å². The predicted octanol–water partition coefficient (Wildman–Crippen LogP) is 0.331. The van der Waals surface area contributed by atoms with Crippen molar-refractivity contribution in [3.8, 4) is 0 Å². The third-order valence-corrected chi connectivity index (χ3v) is 3.36. The Labute approximate surface area is 93.4 Å². The highest BCUT2D eigenvalue weighted by molar-refractivity contribution is 7.99. The first-order valence-electron chi connectivity index (χ1n) is 4.46. The molecular weight excluding hydrogens is 218 g/mol. The quantitative estimate of drug-likeness (QED) is 0.645. The van der Waals surface area contributed by atoms with E-state index in [1.54, 1.807) is 13.8 Å². The summed E-state index contributed by atoms with van der Waals surface area (Å²) in [5, 5.41) is 8.83. The predicted molar refractivity (Wildman–Crippen MR) is 58.7 cm³/mol. The number of methoxy groups -OCH3 is 1. The van der Waals surface area contributed by atoms with E-state index >= 15 is 0 Å². The number of hydrogen-bond acceptors (Lipinski definition) is 5. The molecule has 0 radical (unpaired) electrons. The van der Waals surface area contributed by atoms with Crippen LogP contribution in [0.15, 0.2) is 0 Å². The molecule has 0 spiro atoms. The average molecular weight is 235 g/mol. The second-order valence-electron chi connectivity index (χ2n) is 3.83. The number of ether oxygens (including phenoxy) is 1. The van der Waals surface area contributed by atoms with Crippen LogP contribution in [-0.4, -0.2) is 41.7 Å². The first-order chi connectivity index (χ1) is 6.81. The Bertz CT molecular complexity index is 242. The van der Waals surface area contributed by atoms with Crippen LogP contribution in [0.25, 0.3) is 0 Å². The van der Waals surface area contributed by atoms with Crippen molar-refractivity contribution in [2.75, 3.05) is 18.6 Å². The van der Waals surface area contributed by atoms with Gasteiger partial charge in [-0.25, -0.2) is 0 Å². The van der Waals surface area contributed by atoms with E-state index in [-0.39, 0.29) is 0 Å². The maximum atomic E-state index is 10.9. The minimum absolute atomic E-state index is 0.364. The summed E-state index contributed by atoms with van der Waals surface area (Å²) in [6, 6.07) is -0.690. The van der Waals surface area contributed by atoms with Gasteiger partial charge in [0.25, 0.3) is 0 Å². The third kappa shape index (κ3) is 5.03. The molecule has 15 heavy (non-hydrogen) atoms. The van der Waals surface area contributed by atoms with Crippen molar-refractivity contribution in [3.63, 3.8) is 0 Å². The van der Waals surface area contributed by atoms with Gasteiger partial charge in [-0.05, 0) is 13.8 Å². The lowest BCUT2D eigenvalue weighted by Gasteiger charge is -2.19. The molecule has 0 aromatic carbocycles. The lowest BCUT2D eigenvalue weighted by Crippen LogP contribution is -2.35. The monoisotopic (exact) mass is 235 g/mol. The van der Waals surface area contributed by atoms with Crippen molar-refractivity contribution in [1.82, 2.24) is 0 Å². The molecule has 0 saturated heterocycles. The van der Waals surface area contributed by atoms with Crippen molar-refractivity contribution in [1.29, 1.82) is 0 Å². The number of esters is 1.